The normalized spacial score (nSPS) is 17.6. The van der Waals surface area contributed by atoms with E-state index in [9.17, 15) is 0 Å². The van der Waals surface area contributed by atoms with Gasteiger partial charge in [0.25, 0.3) is 0 Å². The van der Waals surface area contributed by atoms with Crippen LogP contribution in [0.15, 0.2) is 12.5 Å². The average molecular weight is 218 g/mol. The third-order valence-electron chi connectivity index (χ3n) is 3.16. The van der Waals surface area contributed by atoms with E-state index in [0.717, 1.165) is 29.7 Å². The molecule has 1 aliphatic rings. The maximum atomic E-state index is 5.74. The molecule has 3 N–H and O–H groups in total. The molecule has 0 unspecified atom stereocenters. The molecule has 0 saturated heterocycles. The number of hydrogen-bond donors (Lipinski definition) is 2. The SMILES string of the molecule is Cn1ncc2c(NC3(CN)CC3)ncnc21. The monoisotopic (exact) mass is 218 g/mol. The van der Waals surface area contributed by atoms with Gasteiger partial charge in [-0.15, -0.1) is 0 Å². The van der Waals surface area contributed by atoms with Gasteiger partial charge in [-0.25, -0.2) is 9.97 Å². The highest BCUT2D eigenvalue weighted by atomic mass is 15.3. The topological polar surface area (TPSA) is 81.7 Å². The summed E-state index contributed by atoms with van der Waals surface area (Å²) in [5.74, 6) is 0.834. The van der Waals surface area contributed by atoms with Gasteiger partial charge < -0.3 is 11.1 Å². The number of nitrogens with two attached hydrogens (primary N) is 1. The fraction of sp³-hybridized carbons (Fsp3) is 0.500. The van der Waals surface area contributed by atoms with Gasteiger partial charge in [-0.05, 0) is 12.8 Å². The molecule has 2 aromatic heterocycles. The molecule has 0 aromatic carbocycles. The van der Waals surface area contributed by atoms with Crippen LogP contribution in [0.25, 0.3) is 11.0 Å². The Kier molecular flexibility index (Phi) is 1.88. The van der Waals surface area contributed by atoms with Gasteiger partial charge >= 0.3 is 0 Å². The van der Waals surface area contributed by atoms with Crippen molar-refractivity contribution in [1.82, 2.24) is 19.7 Å². The summed E-state index contributed by atoms with van der Waals surface area (Å²) >= 11 is 0. The van der Waals surface area contributed by atoms with Gasteiger partial charge in [-0.3, -0.25) is 4.68 Å². The van der Waals surface area contributed by atoms with Crippen LogP contribution in [0.5, 0.6) is 0 Å². The van der Waals surface area contributed by atoms with Gasteiger partial charge in [0.05, 0.1) is 17.1 Å². The molecule has 3 rings (SSSR count). The lowest BCUT2D eigenvalue weighted by molar-refractivity contribution is 0.738. The molecular formula is C10H14N6. The molecule has 2 heterocycles. The highest BCUT2D eigenvalue weighted by Gasteiger charge is 2.41. The van der Waals surface area contributed by atoms with Crippen LogP contribution in [-0.4, -0.2) is 31.8 Å². The molecule has 0 aliphatic heterocycles. The van der Waals surface area contributed by atoms with E-state index in [1.807, 2.05) is 7.05 Å². The minimum atomic E-state index is 0.0527. The zero-order valence-corrected chi connectivity index (χ0v) is 9.14. The summed E-state index contributed by atoms with van der Waals surface area (Å²) in [5.41, 5.74) is 6.63. The molecule has 6 nitrogen and oxygen atoms in total. The second kappa shape index (κ2) is 3.15. The standard InChI is InChI=1S/C10H14N6/c1-16-9-7(4-14-16)8(12-6-13-9)15-10(5-11)2-3-10/h4,6H,2-3,5,11H2,1H3,(H,12,13,15). The first-order valence-electron chi connectivity index (χ1n) is 5.35. The van der Waals surface area contributed by atoms with Crippen molar-refractivity contribution in [2.24, 2.45) is 12.8 Å². The molecule has 1 fully saturated rings. The molecule has 16 heavy (non-hydrogen) atoms. The van der Waals surface area contributed by atoms with Crippen molar-refractivity contribution in [3.8, 4) is 0 Å². The summed E-state index contributed by atoms with van der Waals surface area (Å²) in [6.45, 7) is 0.638. The maximum Gasteiger partial charge on any atom is 0.163 e. The van der Waals surface area contributed by atoms with E-state index >= 15 is 0 Å². The van der Waals surface area contributed by atoms with Crippen LogP contribution in [0.1, 0.15) is 12.8 Å². The second-order valence-electron chi connectivity index (χ2n) is 4.34. The van der Waals surface area contributed by atoms with Gasteiger partial charge in [0, 0.05) is 13.6 Å². The van der Waals surface area contributed by atoms with Gasteiger partial charge in [-0.2, -0.15) is 5.10 Å². The lowest BCUT2D eigenvalue weighted by atomic mass is 10.2. The quantitative estimate of drug-likeness (QED) is 0.772. The van der Waals surface area contributed by atoms with Crippen molar-refractivity contribution in [1.29, 1.82) is 0 Å². The van der Waals surface area contributed by atoms with E-state index in [1.165, 1.54) is 0 Å². The van der Waals surface area contributed by atoms with Crippen LogP contribution in [0.2, 0.25) is 0 Å². The summed E-state index contributed by atoms with van der Waals surface area (Å²) in [7, 11) is 1.87. The first-order chi connectivity index (χ1) is 7.74. The zero-order chi connectivity index (χ0) is 11.2. The van der Waals surface area contributed by atoms with Crippen LogP contribution in [-0.2, 0) is 7.05 Å². The van der Waals surface area contributed by atoms with Crippen molar-refractivity contribution < 1.29 is 0 Å². The van der Waals surface area contributed by atoms with Crippen molar-refractivity contribution in [3.63, 3.8) is 0 Å². The molecule has 0 amide bonds. The average Bonchev–Trinajstić information content (AvgIpc) is 2.98. The summed E-state index contributed by atoms with van der Waals surface area (Å²) in [6, 6.07) is 0. The van der Waals surface area contributed by atoms with E-state index < -0.39 is 0 Å². The van der Waals surface area contributed by atoms with E-state index in [2.05, 4.69) is 20.4 Å². The van der Waals surface area contributed by atoms with Gasteiger partial charge in [0.1, 0.15) is 12.1 Å². The van der Waals surface area contributed by atoms with Crippen molar-refractivity contribution in [2.75, 3.05) is 11.9 Å². The smallest absolute Gasteiger partial charge is 0.163 e. The van der Waals surface area contributed by atoms with Crippen molar-refractivity contribution in [3.05, 3.63) is 12.5 Å². The minimum absolute atomic E-state index is 0.0527. The number of hydrogen-bond acceptors (Lipinski definition) is 5. The van der Waals surface area contributed by atoms with Crippen LogP contribution < -0.4 is 11.1 Å². The number of aromatic nitrogens is 4. The Morgan fingerprint density at radius 1 is 1.50 bits per heavy atom. The van der Waals surface area contributed by atoms with Crippen LogP contribution in [0.3, 0.4) is 0 Å². The van der Waals surface area contributed by atoms with Gasteiger partial charge in [0.15, 0.2) is 5.65 Å². The number of nitrogens with zero attached hydrogens (tertiary/aromatic N) is 4. The summed E-state index contributed by atoms with van der Waals surface area (Å²) in [6.07, 6.45) is 5.55. The molecule has 0 radical (unpaired) electrons. The lowest BCUT2D eigenvalue weighted by Gasteiger charge is -2.15. The summed E-state index contributed by atoms with van der Waals surface area (Å²) in [4.78, 5) is 8.46. The number of fused-ring (bicyclic) bond motifs is 1. The molecule has 0 spiro atoms. The Labute approximate surface area is 92.9 Å². The first-order valence-corrected chi connectivity index (χ1v) is 5.35. The molecule has 6 heteroatoms. The Morgan fingerprint density at radius 2 is 2.31 bits per heavy atom. The fourth-order valence-corrected chi connectivity index (χ4v) is 1.84. The Hall–Kier alpha value is -1.69. The number of rotatable bonds is 3. The molecule has 0 bridgehead atoms. The van der Waals surface area contributed by atoms with Crippen LogP contribution in [0.4, 0.5) is 5.82 Å². The van der Waals surface area contributed by atoms with E-state index in [4.69, 9.17) is 5.73 Å². The Morgan fingerprint density at radius 3 is 3.00 bits per heavy atom. The largest absolute Gasteiger partial charge is 0.363 e. The van der Waals surface area contributed by atoms with E-state index in [0.29, 0.717) is 6.54 Å². The van der Waals surface area contributed by atoms with Crippen molar-refractivity contribution >= 4 is 16.9 Å². The Bertz CT molecular complexity index is 527. The lowest BCUT2D eigenvalue weighted by Crippen LogP contribution is -2.31. The van der Waals surface area contributed by atoms with E-state index in [1.54, 1.807) is 17.2 Å². The molecule has 2 aromatic rings. The first kappa shape index (κ1) is 9.53. The summed E-state index contributed by atoms with van der Waals surface area (Å²) in [5, 5.41) is 8.53. The second-order valence-corrected chi connectivity index (χ2v) is 4.34. The number of anilines is 1. The van der Waals surface area contributed by atoms with Crippen LogP contribution in [0, 0.1) is 0 Å². The zero-order valence-electron chi connectivity index (χ0n) is 9.14. The third-order valence-corrected chi connectivity index (χ3v) is 3.16. The highest BCUT2D eigenvalue weighted by Crippen LogP contribution is 2.38. The molecule has 84 valence electrons. The highest BCUT2D eigenvalue weighted by molar-refractivity contribution is 5.86. The number of nitrogens with one attached hydrogen (secondary N) is 1. The van der Waals surface area contributed by atoms with E-state index in [-0.39, 0.29) is 5.54 Å². The molecule has 0 atom stereocenters. The molecular weight excluding hydrogens is 204 g/mol. The predicted molar refractivity (Wildman–Crippen MR) is 60.9 cm³/mol. The van der Waals surface area contributed by atoms with Gasteiger partial charge in [0.2, 0.25) is 0 Å². The Balaban J connectivity index is 2.03. The molecule has 1 aliphatic carbocycles. The van der Waals surface area contributed by atoms with Crippen LogP contribution >= 0.6 is 0 Å². The minimum Gasteiger partial charge on any atom is -0.363 e. The fourth-order valence-electron chi connectivity index (χ4n) is 1.84. The maximum absolute atomic E-state index is 5.74. The van der Waals surface area contributed by atoms with Gasteiger partial charge in [-0.1, -0.05) is 0 Å². The third kappa shape index (κ3) is 1.34. The van der Waals surface area contributed by atoms with Crippen molar-refractivity contribution in [2.45, 2.75) is 18.4 Å². The molecule has 1 saturated carbocycles. The predicted octanol–water partition coefficient (Wildman–Crippen LogP) is 0.267. The summed E-state index contributed by atoms with van der Waals surface area (Å²) < 4.78 is 1.74. The number of aryl methyl sites for hydroxylation is 1.